The van der Waals surface area contributed by atoms with Crippen LogP contribution in [-0.2, 0) is 20.8 Å². The Kier molecular flexibility index (Phi) is 5.73. The monoisotopic (exact) mass is 512 g/mol. The Morgan fingerprint density at radius 2 is 1.89 bits per heavy atom. The first-order chi connectivity index (χ1) is 18.0. The van der Waals surface area contributed by atoms with E-state index >= 15 is 0 Å². The van der Waals surface area contributed by atoms with Gasteiger partial charge in [0, 0.05) is 41.6 Å². The van der Waals surface area contributed by atoms with E-state index in [1.54, 1.807) is 23.8 Å². The van der Waals surface area contributed by atoms with Crippen molar-refractivity contribution in [2.45, 2.75) is 18.0 Å². The molecule has 6 rings (SSSR count). The number of likely N-dealkylation sites (tertiary alicyclic amines) is 1. The number of aliphatic carboxylic acids is 1. The minimum Gasteiger partial charge on any atom is -0.480 e. The van der Waals surface area contributed by atoms with Gasteiger partial charge in [0.25, 0.3) is 0 Å². The molecule has 4 atom stereocenters. The van der Waals surface area contributed by atoms with Gasteiger partial charge in [-0.1, -0.05) is 60.7 Å². The summed E-state index contributed by atoms with van der Waals surface area (Å²) in [5.41, 5.74) is 0.928. The highest BCUT2D eigenvalue weighted by Gasteiger charge is 2.68. The molecule has 4 unspecified atom stereocenters. The number of carboxylic acid groups (broad SMARTS) is 1. The van der Waals surface area contributed by atoms with Crippen molar-refractivity contribution in [3.8, 4) is 0 Å². The summed E-state index contributed by atoms with van der Waals surface area (Å²) in [6.45, 7) is 0.0763. The number of imide groups is 1. The van der Waals surface area contributed by atoms with Gasteiger partial charge in [-0.15, -0.1) is 11.3 Å². The second-order valence-corrected chi connectivity index (χ2v) is 10.3. The van der Waals surface area contributed by atoms with E-state index in [9.17, 15) is 19.5 Å². The minimum absolute atomic E-state index is 0.0438. The summed E-state index contributed by atoms with van der Waals surface area (Å²) in [6.07, 6.45) is 7.06. The average molecular weight is 513 g/mol. The molecule has 2 aromatic heterocycles. The molecule has 2 aliphatic rings. The van der Waals surface area contributed by atoms with Crippen molar-refractivity contribution in [2.75, 3.05) is 6.54 Å². The minimum atomic E-state index is -1.67. The van der Waals surface area contributed by atoms with Crippen molar-refractivity contribution in [3.63, 3.8) is 0 Å². The van der Waals surface area contributed by atoms with E-state index in [0.29, 0.717) is 5.01 Å². The molecule has 37 heavy (non-hydrogen) atoms. The fourth-order valence-corrected chi connectivity index (χ4v) is 6.45. The van der Waals surface area contributed by atoms with Crippen molar-refractivity contribution < 1.29 is 19.5 Å². The number of carboxylic acids is 1. The van der Waals surface area contributed by atoms with Crippen LogP contribution >= 0.6 is 11.3 Å². The molecule has 186 valence electrons. The van der Waals surface area contributed by atoms with Crippen LogP contribution in [0, 0.1) is 11.8 Å². The Morgan fingerprint density at radius 1 is 1.11 bits per heavy atom. The van der Waals surface area contributed by atoms with Gasteiger partial charge in [0.2, 0.25) is 11.8 Å². The molecule has 9 heteroatoms. The number of rotatable bonds is 7. The Morgan fingerprint density at radius 3 is 2.65 bits per heavy atom. The fourth-order valence-electron chi connectivity index (χ4n) is 5.71. The van der Waals surface area contributed by atoms with E-state index < -0.39 is 35.3 Å². The maximum absolute atomic E-state index is 13.8. The van der Waals surface area contributed by atoms with Gasteiger partial charge >= 0.3 is 5.97 Å². The second kappa shape index (κ2) is 9.10. The predicted octanol–water partition coefficient (Wildman–Crippen LogP) is 3.65. The Balaban J connectivity index is 1.39. The summed E-state index contributed by atoms with van der Waals surface area (Å²) >= 11 is 1.34. The number of benzene rings is 2. The number of aromatic nitrogens is 2. The summed E-state index contributed by atoms with van der Waals surface area (Å²) in [7, 11) is 0. The molecule has 4 aromatic rings. The highest BCUT2D eigenvalue weighted by atomic mass is 32.1. The zero-order valence-electron chi connectivity index (χ0n) is 19.7. The number of fused-ring (bicyclic) bond motifs is 2. The van der Waals surface area contributed by atoms with Crippen molar-refractivity contribution in [3.05, 3.63) is 94.6 Å². The van der Waals surface area contributed by atoms with Crippen molar-refractivity contribution >= 4 is 46.1 Å². The summed E-state index contributed by atoms with van der Waals surface area (Å²) < 4.78 is 0. The molecule has 0 spiro atoms. The number of nitrogens with one attached hydrogen (secondary N) is 2. The summed E-state index contributed by atoms with van der Waals surface area (Å²) in [4.78, 5) is 49.3. The first-order valence-electron chi connectivity index (χ1n) is 12.0. The van der Waals surface area contributed by atoms with Gasteiger partial charge in [-0.3, -0.25) is 24.6 Å². The van der Waals surface area contributed by atoms with Gasteiger partial charge in [0.15, 0.2) is 0 Å². The van der Waals surface area contributed by atoms with E-state index in [1.165, 1.54) is 16.2 Å². The molecule has 3 N–H and O–H groups in total. The van der Waals surface area contributed by atoms with Gasteiger partial charge < -0.3 is 10.1 Å². The normalized spacial score (nSPS) is 25.4. The number of para-hydroxylation sites is 1. The lowest BCUT2D eigenvalue weighted by atomic mass is 9.76. The van der Waals surface area contributed by atoms with Gasteiger partial charge in [0.05, 0.1) is 17.9 Å². The third kappa shape index (κ3) is 3.78. The standard InChI is InChI=1S/C28H24N4O4S/c33-25-21-22(26(34)32(25)13-6-9-17-7-2-1-3-8-17)28(27(35)36,31-23(21)24-29-12-14-37-24)15-18-16-30-20-11-5-4-10-19(18)20/h1-12,14,16,21-23,30-31H,13,15H2,(H,35,36)/b9-6-. The lowest BCUT2D eigenvalue weighted by Crippen LogP contribution is -2.57. The first-order valence-corrected chi connectivity index (χ1v) is 12.9. The topological polar surface area (TPSA) is 115 Å². The third-order valence-electron chi connectivity index (χ3n) is 7.39. The zero-order valence-corrected chi connectivity index (χ0v) is 20.5. The highest BCUT2D eigenvalue weighted by Crippen LogP contribution is 2.50. The number of hydrogen-bond acceptors (Lipinski definition) is 6. The van der Waals surface area contributed by atoms with Crippen LogP contribution in [0.4, 0.5) is 0 Å². The van der Waals surface area contributed by atoms with Gasteiger partial charge in [0.1, 0.15) is 10.5 Å². The number of aromatic amines is 1. The SMILES string of the molecule is O=C1C2C(c3nccs3)NC(Cc3c[nH]c4ccccc34)(C(=O)O)C2C(=O)N1C/C=C\c1ccccc1. The molecule has 2 aromatic carbocycles. The molecule has 4 heterocycles. The van der Waals surface area contributed by atoms with Crippen LogP contribution in [-0.4, -0.2) is 49.8 Å². The fraction of sp³-hybridized carbons (Fsp3) is 0.214. The molecule has 2 fully saturated rings. The van der Waals surface area contributed by atoms with Gasteiger partial charge in [-0.25, -0.2) is 4.98 Å². The highest BCUT2D eigenvalue weighted by molar-refractivity contribution is 7.09. The molecular weight excluding hydrogens is 488 g/mol. The zero-order chi connectivity index (χ0) is 25.6. The Labute approximate surface area is 216 Å². The third-order valence-corrected chi connectivity index (χ3v) is 8.25. The number of carbonyl (C=O) groups is 3. The lowest BCUT2D eigenvalue weighted by molar-refractivity contribution is -0.151. The Bertz CT molecular complexity index is 1510. The Hall–Kier alpha value is -4.08. The van der Waals surface area contributed by atoms with Crippen LogP contribution in [0.2, 0.25) is 0 Å². The van der Waals surface area contributed by atoms with Crippen LogP contribution in [0.15, 0.2) is 78.4 Å². The van der Waals surface area contributed by atoms with E-state index in [-0.39, 0.29) is 18.9 Å². The van der Waals surface area contributed by atoms with E-state index in [4.69, 9.17) is 0 Å². The number of thiazole rings is 1. The molecule has 2 aliphatic heterocycles. The molecule has 2 saturated heterocycles. The van der Waals surface area contributed by atoms with Crippen molar-refractivity contribution in [1.29, 1.82) is 0 Å². The number of nitrogens with zero attached hydrogens (tertiary/aromatic N) is 2. The smallest absolute Gasteiger partial charge is 0.325 e. The summed E-state index contributed by atoms with van der Waals surface area (Å²) in [5.74, 6) is -3.92. The number of carbonyl (C=O) groups excluding carboxylic acids is 2. The lowest BCUT2D eigenvalue weighted by Gasteiger charge is -2.30. The maximum atomic E-state index is 13.8. The van der Waals surface area contributed by atoms with Crippen molar-refractivity contribution in [1.82, 2.24) is 20.2 Å². The number of H-pyrrole nitrogens is 1. The van der Waals surface area contributed by atoms with Gasteiger partial charge in [-0.2, -0.15) is 0 Å². The number of hydrogen-bond donors (Lipinski definition) is 3. The summed E-state index contributed by atoms with van der Waals surface area (Å²) in [5, 5.41) is 17.1. The van der Waals surface area contributed by atoms with Crippen LogP contribution < -0.4 is 5.32 Å². The molecule has 0 bridgehead atoms. The molecule has 0 aliphatic carbocycles. The molecular formula is C28H24N4O4S. The summed E-state index contributed by atoms with van der Waals surface area (Å²) in [6, 6.07) is 16.5. The molecule has 2 amide bonds. The van der Waals surface area contributed by atoms with E-state index in [1.807, 2.05) is 60.7 Å². The van der Waals surface area contributed by atoms with E-state index in [2.05, 4.69) is 15.3 Å². The van der Waals surface area contributed by atoms with Crippen molar-refractivity contribution in [2.24, 2.45) is 11.8 Å². The van der Waals surface area contributed by atoms with E-state index in [0.717, 1.165) is 22.0 Å². The quantitative estimate of drug-likeness (QED) is 0.326. The molecule has 0 saturated carbocycles. The molecule has 0 radical (unpaired) electrons. The predicted molar refractivity (Wildman–Crippen MR) is 140 cm³/mol. The maximum Gasteiger partial charge on any atom is 0.325 e. The van der Waals surface area contributed by atoms with Crippen LogP contribution in [0.5, 0.6) is 0 Å². The largest absolute Gasteiger partial charge is 0.480 e. The van der Waals surface area contributed by atoms with Crippen LogP contribution in [0.25, 0.3) is 17.0 Å². The van der Waals surface area contributed by atoms with Gasteiger partial charge in [-0.05, 0) is 17.2 Å². The number of amides is 2. The second-order valence-electron chi connectivity index (χ2n) is 9.41. The average Bonchev–Trinajstić information content (AvgIpc) is 3.68. The first kappa shape index (κ1) is 23.3. The van der Waals surface area contributed by atoms with Crippen LogP contribution in [0.3, 0.4) is 0 Å². The molecule has 8 nitrogen and oxygen atoms in total. The van der Waals surface area contributed by atoms with Crippen LogP contribution in [0.1, 0.15) is 22.2 Å².